The lowest BCUT2D eigenvalue weighted by molar-refractivity contribution is -0.132. The number of azo groups is 1. The number of primary amides is 1. The Labute approximate surface area is 151 Å². The van der Waals surface area contributed by atoms with Crippen LogP contribution in [0.3, 0.4) is 0 Å². The van der Waals surface area contributed by atoms with E-state index in [1.807, 2.05) is 30.3 Å². The predicted octanol–water partition coefficient (Wildman–Crippen LogP) is 4.44. The first-order valence-electron chi connectivity index (χ1n) is 7.84. The van der Waals surface area contributed by atoms with Crippen LogP contribution in [0.25, 0.3) is 5.57 Å². The van der Waals surface area contributed by atoms with Crippen molar-refractivity contribution in [1.29, 1.82) is 0 Å². The molecule has 0 saturated carbocycles. The maximum absolute atomic E-state index is 12.1. The molecular formula is C20H19N3O3. The molecule has 0 atom stereocenters. The smallest absolute Gasteiger partial charge is 0.343 e. The number of benzene rings is 2. The molecule has 0 fully saturated rings. The molecule has 2 rings (SSSR count). The highest BCUT2D eigenvalue weighted by atomic mass is 16.5. The second-order valence-corrected chi connectivity index (χ2v) is 5.50. The third-order valence-corrected chi connectivity index (χ3v) is 3.64. The van der Waals surface area contributed by atoms with Crippen molar-refractivity contribution in [1.82, 2.24) is 0 Å². The van der Waals surface area contributed by atoms with Gasteiger partial charge < -0.3 is 10.5 Å². The standard InChI is InChI=1S/C20H19N3O3/c1-13(19(21)24)15(3)26-20(25)14(2)16-9-11-18(12-10-16)23-22-17-7-5-4-6-8-17/h4-12H,2H2,1,3H3,(H2,21,24)/b15-13+,23-22?. The van der Waals surface area contributed by atoms with Crippen LogP contribution in [-0.2, 0) is 14.3 Å². The van der Waals surface area contributed by atoms with Crippen molar-refractivity contribution >= 4 is 28.8 Å². The van der Waals surface area contributed by atoms with Gasteiger partial charge in [-0.1, -0.05) is 36.9 Å². The number of carbonyl (C=O) groups is 2. The molecule has 0 aliphatic carbocycles. The van der Waals surface area contributed by atoms with Gasteiger partial charge in [0.25, 0.3) is 0 Å². The lowest BCUT2D eigenvalue weighted by atomic mass is 10.1. The Balaban J connectivity index is 2.06. The summed E-state index contributed by atoms with van der Waals surface area (Å²) in [4.78, 5) is 23.2. The van der Waals surface area contributed by atoms with E-state index in [4.69, 9.17) is 10.5 Å². The number of nitrogens with two attached hydrogens (primary N) is 1. The Morgan fingerprint density at radius 3 is 2.00 bits per heavy atom. The molecule has 0 aromatic heterocycles. The Kier molecular flexibility index (Phi) is 6.16. The Morgan fingerprint density at radius 2 is 1.46 bits per heavy atom. The van der Waals surface area contributed by atoms with Gasteiger partial charge in [0.2, 0.25) is 5.91 Å². The number of esters is 1. The molecular weight excluding hydrogens is 330 g/mol. The van der Waals surface area contributed by atoms with Crippen LogP contribution < -0.4 is 5.73 Å². The quantitative estimate of drug-likeness (QED) is 0.361. The van der Waals surface area contributed by atoms with E-state index in [-0.39, 0.29) is 16.9 Å². The van der Waals surface area contributed by atoms with Gasteiger partial charge in [0.05, 0.1) is 22.5 Å². The molecule has 1 amide bonds. The fourth-order valence-corrected chi connectivity index (χ4v) is 1.91. The molecule has 2 aromatic carbocycles. The molecule has 132 valence electrons. The van der Waals surface area contributed by atoms with Crippen LogP contribution in [-0.4, -0.2) is 11.9 Å². The zero-order chi connectivity index (χ0) is 19.1. The van der Waals surface area contributed by atoms with E-state index in [0.717, 1.165) is 5.69 Å². The SMILES string of the molecule is C=C(C(=O)O/C(C)=C(\C)C(N)=O)c1ccc(N=Nc2ccccc2)cc1. The highest BCUT2D eigenvalue weighted by Crippen LogP contribution is 2.22. The van der Waals surface area contributed by atoms with Crippen molar-refractivity contribution in [2.24, 2.45) is 16.0 Å². The van der Waals surface area contributed by atoms with Gasteiger partial charge in [-0.05, 0) is 43.7 Å². The van der Waals surface area contributed by atoms with Gasteiger partial charge in [-0.2, -0.15) is 10.2 Å². The van der Waals surface area contributed by atoms with E-state index in [2.05, 4.69) is 16.8 Å². The van der Waals surface area contributed by atoms with Crippen LogP contribution in [0.4, 0.5) is 11.4 Å². The zero-order valence-electron chi connectivity index (χ0n) is 14.6. The van der Waals surface area contributed by atoms with Gasteiger partial charge in [0.15, 0.2) is 0 Å². The first-order valence-corrected chi connectivity index (χ1v) is 7.84. The molecule has 6 heteroatoms. The highest BCUT2D eigenvalue weighted by molar-refractivity contribution is 6.16. The van der Waals surface area contributed by atoms with E-state index in [9.17, 15) is 9.59 Å². The number of ether oxygens (including phenoxy) is 1. The molecule has 0 radical (unpaired) electrons. The van der Waals surface area contributed by atoms with E-state index >= 15 is 0 Å². The Hall–Kier alpha value is -3.54. The van der Waals surface area contributed by atoms with Gasteiger partial charge in [-0.15, -0.1) is 0 Å². The Morgan fingerprint density at radius 1 is 0.923 bits per heavy atom. The van der Waals surface area contributed by atoms with Crippen LogP contribution in [0.1, 0.15) is 19.4 Å². The predicted molar refractivity (Wildman–Crippen MR) is 99.8 cm³/mol. The van der Waals surface area contributed by atoms with E-state index < -0.39 is 11.9 Å². The summed E-state index contributed by atoms with van der Waals surface area (Å²) in [6, 6.07) is 16.2. The van der Waals surface area contributed by atoms with Crippen LogP contribution in [0.5, 0.6) is 0 Å². The maximum atomic E-state index is 12.1. The van der Waals surface area contributed by atoms with Crippen LogP contribution in [0.2, 0.25) is 0 Å². The summed E-state index contributed by atoms with van der Waals surface area (Å²) in [5, 5.41) is 8.26. The number of carbonyl (C=O) groups excluding carboxylic acids is 2. The van der Waals surface area contributed by atoms with Gasteiger partial charge in [0.1, 0.15) is 5.76 Å². The molecule has 0 bridgehead atoms. The second-order valence-electron chi connectivity index (χ2n) is 5.50. The average molecular weight is 349 g/mol. The fraction of sp³-hybridized carbons (Fsp3) is 0.100. The first-order chi connectivity index (χ1) is 12.4. The average Bonchev–Trinajstić information content (AvgIpc) is 2.66. The number of hydrogen-bond donors (Lipinski definition) is 1. The van der Waals surface area contributed by atoms with Crippen molar-refractivity contribution in [3.8, 4) is 0 Å². The first kappa shape index (κ1) is 18.8. The van der Waals surface area contributed by atoms with Crippen LogP contribution in [0, 0.1) is 0 Å². The summed E-state index contributed by atoms with van der Waals surface area (Å²) < 4.78 is 5.12. The number of allylic oxidation sites excluding steroid dienone is 1. The minimum Gasteiger partial charge on any atom is -0.427 e. The van der Waals surface area contributed by atoms with Gasteiger partial charge in [-0.3, -0.25) is 4.79 Å². The summed E-state index contributed by atoms with van der Waals surface area (Å²) >= 11 is 0. The summed E-state index contributed by atoms with van der Waals surface area (Å²) in [6.07, 6.45) is 0. The third-order valence-electron chi connectivity index (χ3n) is 3.64. The summed E-state index contributed by atoms with van der Waals surface area (Å²) in [7, 11) is 0. The molecule has 0 aliphatic heterocycles. The summed E-state index contributed by atoms with van der Waals surface area (Å²) in [5.74, 6) is -1.15. The maximum Gasteiger partial charge on any atom is 0.343 e. The highest BCUT2D eigenvalue weighted by Gasteiger charge is 2.14. The second kappa shape index (κ2) is 8.53. The number of amides is 1. The fourth-order valence-electron chi connectivity index (χ4n) is 1.91. The number of nitrogens with zero attached hydrogens (tertiary/aromatic N) is 2. The molecule has 0 spiro atoms. The number of rotatable bonds is 6. The van der Waals surface area contributed by atoms with Crippen molar-refractivity contribution in [3.63, 3.8) is 0 Å². The zero-order valence-corrected chi connectivity index (χ0v) is 14.6. The van der Waals surface area contributed by atoms with Crippen molar-refractivity contribution in [3.05, 3.63) is 78.1 Å². The number of hydrogen-bond acceptors (Lipinski definition) is 5. The summed E-state index contributed by atoms with van der Waals surface area (Å²) in [6.45, 7) is 6.72. The lowest BCUT2D eigenvalue weighted by Crippen LogP contribution is -2.15. The monoisotopic (exact) mass is 349 g/mol. The molecule has 0 heterocycles. The molecule has 0 aliphatic rings. The largest absolute Gasteiger partial charge is 0.427 e. The van der Waals surface area contributed by atoms with Crippen molar-refractivity contribution < 1.29 is 14.3 Å². The van der Waals surface area contributed by atoms with Gasteiger partial charge in [0, 0.05) is 0 Å². The normalized spacial score (nSPS) is 11.8. The molecule has 26 heavy (non-hydrogen) atoms. The minimum atomic E-state index is -0.651. The lowest BCUT2D eigenvalue weighted by Gasteiger charge is -2.09. The van der Waals surface area contributed by atoms with E-state index in [1.54, 1.807) is 24.3 Å². The van der Waals surface area contributed by atoms with E-state index in [0.29, 0.717) is 11.3 Å². The molecule has 2 aromatic rings. The van der Waals surface area contributed by atoms with E-state index in [1.165, 1.54) is 13.8 Å². The third kappa shape index (κ3) is 4.98. The summed E-state index contributed by atoms with van der Waals surface area (Å²) in [5.41, 5.74) is 7.47. The topological polar surface area (TPSA) is 94.1 Å². The van der Waals surface area contributed by atoms with Crippen LogP contribution in [0.15, 0.2) is 82.7 Å². The molecule has 6 nitrogen and oxygen atoms in total. The van der Waals surface area contributed by atoms with Crippen molar-refractivity contribution in [2.45, 2.75) is 13.8 Å². The molecule has 0 unspecified atom stereocenters. The molecule has 2 N–H and O–H groups in total. The van der Waals surface area contributed by atoms with Gasteiger partial charge >= 0.3 is 5.97 Å². The minimum absolute atomic E-state index is 0.150. The molecule has 0 saturated heterocycles. The Bertz CT molecular complexity index is 882. The van der Waals surface area contributed by atoms with Gasteiger partial charge in [-0.25, -0.2) is 4.79 Å². The van der Waals surface area contributed by atoms with Crippen LogP contribution >= 0.6 is 0 Å². The van der Waals surface area contributed by atoms with Crippen molar-refractivity contribution in [2.75, 3.05) is 0 Å².